The minimum atomic E-state index is -0.212. The maximum atomic E-state index is 13.3. The van der Waals surface area contributed by atoms with Crippen molar-refractivity contribution in [1.29, 1.82) is 0 Å². The molecule has 6 aromatic heterocycles. The fraction of sp³-hybridized carbons (Fsp3) is 0.442. The predicted octanol–water partition coefficient (Wildman–Crippen LogP) is 8.90. The van der Waals surface area contributed by atoms with Crippen molar-refractivity contribution >= 4 is 60.6 Å². The van der Waals surface area contributed by atoms with Gasteiger partial charge in [-0.2, -0.15) is 0 Å². The zero-order chi connectivity index (χ0) is 48.4. The normalized spacial score (nSPS) is 15.4. The van der Waals surface area contributed by atoms with Crippen molar-refractivity contribution in [3.63, 3.8) is 0 Å². The molecule has 2 fully saturated rings. The second-order valence-electron chi connectivity index (χ2n) is 18.3. The van der Waals surface area contributed by atoms with E-state index in [2.05, 4.69) is 91.1 Å². The van der Waals surface area contributed by atoms with E-state index in [1.54, 1.807) is 6.92 Å². The number of piperazine rings is 1. The average Bonchev–Trinajstić information content (AvgIpc) is 3.85. The minimum absolute atomic E-state index is 0. The van der Waals surface area contributed by atoms with Crippen LogP contribution in [0.1, 0.15) is 136 Å². The highest BCUT2D eigenvalue weighted by Gasteiger charge is 2.29. The van der Waals surface area contributed by atoms with Gasteiger partial charge in [-0.25, -0.2) is 0 Å². The number of piperidine rings is 1. The van der Waals surface area contributed by atoms with Crippen LogP contribution in [0.2, 0.25) is 0 Å². The van der Waals surface area contributed by atoms with E-state index in [0.717, 1.165) is 91.2 Å². The van der Waals surface area contributed by atoms with Crippen molar-refractivity contribution in [3.05, 3.63) is 146 Å². The molecule has 0 aromatic carbocycles. The highest BCUT2D eigenvalue weighted by molar-refractivity contribution is 9.10. The Morgan fingerprint density at radius 1 is 0.603 bits per heavy atom. The van der Waals surface area contributed by atoms with E-state index in [1.807, 2.05) is 89.0 Å². The SMILES string of the molecule is C.CC(=O)N1CCN(C(C)c2c(C)c(C(=O)NCc3c(C)cc(C)[nH]c3=O)cc3cc(Br)cn23)CC1.Cc1cc(C)c(CNC(=O)c2cc3cc(Br)cn3c(C(C)N3CCCCC3)c2C)c(=O)[nH]1. The molecule has 0 radical (unpaired) electrons. The molecule has 6 aromatic rings. The molecular formula is C52H67Br2N9O5. The molecule has 2 atom stereocenters. The van der Waals surface area contributed by atoms with Crippen molar-refractivity contribution in [2.75, 3.05) is 39.3 Å². The Hall–Kier alpha value is -5.29. The number of carbonyl (C=O) groups excluding carboxylic acids is 3. The molecule has 4 N–H and O–H groups in total. The molecule has 8 rings (SSSR count). The Morgan fingerprint density at radius 3 is 1.38 bits per heavy atom. The molecule has 364 valence electrons. The van der Waals surface area contributed by atoms with E-state index < -0.39 is 0 Å². The molecule has 2 saturated heterocycles. The van der Waals surface area contributed by atoms with Crippen LogP contribution in [0.25, 0.3) is 11.0 Å². The summed E-state index contributed by atoms with van der Waals surface area (Å²) < 4.78 is 6.26. The molecule has 2 aliphatic heterocycles. The first-order valence-electron chi connectivity index (χ1n) is 23.1. The Morgan fingerprint density at radius 2 is 1.00 bits per heavy atom. The number of carbonyl (C=O) groups is 3. The number of likely N-dealkylation sites (tertiary alicyclic amines) is 1. The second kappa shape index (κ2) is 22.0. The van der Waals surface area contributed by atoms with E-state index in [4.69, 9.17) is 0 Å². The predicted molar refractivity (Wildman–Crippen MR) is 278 cm³/mol. The van der Waals surface area contributed by atoms with Crippen LogP contribution in [0.4, 0.5) is 0 Å². The number of amides is 3. The number of rotatable bonds is 10. The zero-order valence-electron chi connectivity index (χ0n) is 40.1. The number of nitrogens with zero attached hydrogens (tertiary/aromatic N) is 5. The first kappa shape index (κ1) is 52.1. The number of H-pyrrole nitrogens is 2. The van der Waals surface area contributed by atoms with Crippen LogP contribution in [0.3, 0.4) is 0 Å². The van der Waals surface area contributed by atoms with Gasteiger partial charge in [-0.15, -0.1) is 0 Å². The number of aryl methyl sites for hydroxylation is 4. The van der Waals surface area contributed by atoms with E-state index in [9.17, 15) is 24.0 Å². The number of aromatic amines is 2. The van der Waals surface area contributed by atoms with Gasteiger partial charge in [0.25, 0.3) is 22.9 Å². The summed E-state index contributed by atoms with van der Waals surface area (Å²) >= 11 is 7.18. The van der Waals surface area contributed by atoms with E-state index >= 15 is 0 Å². The smallest absolute Gasteiger partial charge is 0.253 e. The number of hydrogen-bond donors (Lipinski definition) is 4. The largest absolute Gasteiger partial charge is 0.348 e. The van der Waals surface area contributed by atoms with Crippen LogP contribution in [-0.4, -0.2) is 90.5 Å². The summed E-state index contributed by atoms with van der Waals surface area (Å²) in [6.07, 6.45) is 7.82. The lowest BCUT2D eigenvalue weighted by Gasteiger charge is -2.38. The number of fused-ring (bicyclic) bond motifs is 2. The molecule has 0 saturated carbocycles. The van der Waals surface area contributed by atoms with Crippen LogP contribution < -0.4 is 21.8 Å². The monoisotopic (exact) mass is 1060 g/mol. The van der Waals surface area contributed by atoms with Crippen molar-refractivity contribution in [3.8, 4) is 0 Å². The molecule has 14 nitrogen and oxygen atoms in total. The number of nitrogens with one attached hydrogen (secondary N) is 4. The maximum Gasteiger partial charge on any atom is 0.253 e. The van der Waals surface area contributed by atoms with Crippen molar-refractivity contribution in [1.82, 2.24) is 44.1 Å². The Balaban J connectivity index is 0.000000221. The maximum absolute atomic E-state index is 13.3. The Bertz CT molecular complexity index is 2970. The van der Waals surface area contributed by atoms with Crippen LogP contribution in [0.5, 0.6) is 0 Å². The third-order valence-electron chi connectivity index (χ3n) is 13.7. The third-order valence-corrected chi connectivity index (χ3v) is 14.5. The molecule has 68 heavy (non-hydrogen) atoms. The third kappa shape index (κ3) is 11.2. The topological polar surface area (TPSA) is 160 Å². The highest BCUT2D eigenvalue weighted by Crippen LogP contribution is 2.33. The molecule has 3 amide bonds. The molecule has 0 aliphatic carbocycles. The first-order valence-corrected chi connectivity index (χ1v) is 24.7. The summed E-state index contributed by atoms with van der Waals surface area (Å²) in [5.74, 6) is -0.267. The first-order chi connectivity index (χ1) is 31.8. The second-order valence-corrected chi connectivity index (χ2v) is 20.1. The summed E-state index contributed by atoms with van der Waals surface area (Å²) in [7, 11) is 0. The van der Waals surface area contributed by atoms with E-state index in [-0.39, 0.29) is 61.4 Å². The van der Waals surface area contributed by atoms with Gasteiger partial charge in [0.2, 0.25) is 5.91 Å². The number of hydrogen-bond acceptors (Lipinski definition) is 7. The van der Waals surface area contributed by atoms with Crippen LogP contribution >= 0.6 is 31.9 Å². The molecule has 2 unspecified atom stereocenters. The number of aromatic nitrogens is 4. The van der Waals surface area contributed by atoms with Gasteiger partial charge in [0, 0.05) is 136 Å². The summed E-state index contributed by atoms with van der Waals surface area (Å²) in [5.41, 5.74) is 11.4. The lowest BCUT2D eigenvalue weighted by atomic mass is 9.99. The van der Waals surface area contributed by atoms with Crippen LogP contribution in [-0.2, 0) is 17.9 Å². The van der Waals surface area contributed by atoms with E-state index in [0.29, 0.717) is 35.3 Å². The van der Waals surface area contributed by atoms with Gasteiger partial charge in [0.05, 0.1) is 0 Å². The van der Waals surface area contributed by atoms with Gasteiger partial charge < -0.3 is 34.3 Å². The standard InChI is InChI=1S/C26H32BrN5O3.C25H31BrN4O2.CH4/c1-15-10-16(2)29-26(35)23(15)13-28-25(34)22-12-21-11-20(27)14-32(21)24(17(22)3)18(4)30-6-8-31(9-7-30)19(5)33;1-15-10-16(2)28-25(32)22(15)13-27-24(31)21-12-20-11-19(26)14-30(20)23(17(21)3)18(4)29-8-6-5-7-9-29;/h10-12,14,18H,6-9,13H2,1-5H3,(H,28,34)(H,29,35);10-12,14,18H,5-9,13H2,1-4H3,(H,27,31)(H,28,32);1H4. The molecular weight excluding hydrogens is 990 g/mol. The molecule has 16 heteroatoms. The molecule has 8 heterocycles. The fourth-order valence-corrected chi connectivity index (χ4v) is 10.9. The van der Waals surface area contributed by atoms with Crippen LogP contribution in [0.15, 0.2) is 67.3 Å². The van der Waals surface area contributed by atoms with E-state index in [1.165, 1.54) is 19.3 Å². The van der Waals surface area contributed by atoms with Crippen molar-refractivity contribution in [2.24, 2.45) is 0 Å². The zero-order valence-corrected chi connectivity index (χ0v) is 43.3. The Labute approximate surface area is 416 Å². The van der Waals surface area contributed by atoms with Gasteiger partial charge in [-0.1, -0.05) is 13.8 Å². The molecule has 0 spiro atoms. The van der Waals surface area contributed by atoms with Gasteiger partial charge >= 0.3 is 0 Å². The number of pyridine rings is 4. The summed E-state index contributed by atoms with van der Waals surface area (Å²) in [6, 6.07) is 11.9. The molecule has 2 aliphatic rings. The van der Waals surface area contributed by atoms with Crippen LogP contribution in [0, 0.1) is 41.5 Å². The van der Waals surface area contributed by atoms with Gasteiger partial charge in [0.15, 0.2) is 0 Å². The van der Waals surface area contributed by atoms with Gasteiger partial charge in [0.1, 0.15) is 0 Å². The average molecular weight is 1060 g/mol. The lowest BCUT2D eigenvalue weighted by molar-refractivity contribution is -0.130. The molecule has 0 bridgehead atoms. The van der Waals surface area contributed by atoms with Gasteiger partial charge in [-0.3, -0.25) is 33.8 Å². The summed E-state index contributed by atoms with van der Waals surface area (Å²) in [4.78, 5) is 75.5. The Kier molecular flexibility index (Phi) is 16.8. The minimum Gasteiger partial charge on any atom is -0.348 e. The van der Waals surface area contributed by atoms with Crippen molar-refractivity contribution in [2.45, 2.75) is 114 Å². The highest BCUT2D eigenvalue weighted by atomic mass is 79.9. The fourth-order valence-electron chi connectivity index (χ4n) is 9.99. The quantitative estimate of drug-likeness (QED) is 0.107. The number of halogens is 2. The summed E-state index contributed by atoms with van der Waals surface area (Å²) in [6.45, 7) is 22.9. The lowest BCUT2D eigenvalue weighted by Crippen LogP contribution is -2.49. The summed E-state index contributed by atoms with van der Waals surface area (Å²) in [5, 5.41) is 5.94. The van der Waals surface area contributed by atoms with Crippen molar-refractivity contribution < 1.29 is 14.4 Å². The van der Waals surface area contributed by atoms with Gasteiger partial charge in [-0.05, 0) is 172 Å².